The van der Waals surface area contributed by atoms with Crippen molar-refractivity contribution >= 4 is 0 Å². The zero-order valence-corrected chi connectivity index (χ0v) is 9.31. The van der Waals surface area contributed by atoms with Crippen LogP contribution in [0, 0.1) is 0 Å². The van der Waals surface area contributed by atoms with Crippen molar-refractivity contribution in [3.8, 4) is 0 Å². The van der Waals surface area contributed by atoms with Crippen molar-refractivity contribution in [2.24, 2.45) is 0 Å². The second kappa shape index (κ2) is 10.4. The van der Waals surface area contributed by atoms with Crippen LogP contribution in [-0.4, -0.2) is 45.8 Å². The number of hydrogen-bond acceptors (Lipinski definition) is 4. The standard InChI is InChI=1S/C11H24O4/c12-8-5-3-1-2-4-6-10(14)11(15)7-9-13/h10-15H,1-9H2. The third kappa shape index (κ3) is 8.81. The molecule has 0 rings (SSSR count). The second-order valence-corrected chi connectivity index (χ2v) is 3.93. The summed E-state index contributed by atoms with van der Waals surface area (Å²) in [5.41, 5.74) is 0. The number of aliphatic hydroxyl groups is 4. The molecule has 92 valence electrons. The highest BCUT2D eigenvalue weighted by molar-refractivity contribution is 4.66. The average molecular weight is 220 g/mol. The van der Waals surface area contributed by atoms with Gasteiger partial charge in [0, 0.05) is 13.2 Å². The Balaban J connectivity index is 3.26. The van der Waals surface area contributed by atoms with E-state index in [4.69, 9.17) is 10.2 Å². The molecule has 0 heterocycles. The van der Waals surface area contributed by atoms with Gasteiger partial charge in [-0.05, 0) is 19.3 Å². The van der Waals surface area contributed by atoms with Crippen molar-refractivity contribution in [3.05, 3.63) is 0 Å². The molecule has 4 heteroatoms. The largest absolute Gasteiger partial charge is 0.396 e. The lowest BCUT2D eigenvalue weighted by atomic mass is 10.0. The summed E-state index contributed by atoms with van der Waals surface area (Å²) in [6, 6.07) is 0. The maximum absolute atomic E-state index is 9.45. The molecule has 0 aliphatic rings. The number of aliphatic hydroxyl groups excluding tert-OH is 4. The van der Waals surface area contributed by atoms with E-state index < -0.39 is 12.2 Å². The first-order chi connectivity index (χ1) is 7.22. The minimum absolute atomic E-state index is 0.0886. The third-order valence-electron chi connectivity index (χ3n) is 2.53. The minimum atomic E-state index is -0.799. The Hall–Kier alpha value is -0.160. The van der Waals surface area contributed by atoms with Crippen LogP contribution < -0.4 is 0 Å². The predicted molar refractivity (Wildman–Crippen MR) is 58.5 cm³/mol. The van der Waals surface area contributed by atoms with Gasteiger partial charge in [-0.25, -0.2) is 0 Å². The van der Waals surface area contributed by atoms with E-state index in [1.165, 1.54) is 0 Å². The van der Waals surface area contributed by atoms with Gasteiger partial charge in [0.05, 0.1) is 12.2 Å². The van der Waals surface area contributed by atoms with Gasteiger partial charge in [-0.3, -0.25) is 0 Å². The molecule has 0 fully saturated rings. The van der Waals surface area contributed by atoms with E-state index in [1.54, 1.807) is 0 Å². The van der Waals surface area contributed by atoms with Crippen molar-refractivity contribution in [2.75, 3.05) is 13.2 Å². The van der Waals surface area contributed by atoms with Gasteiger partial charge in [0.25, 0.3) is 0 Å². The van der Waals surface area contributed by atoms with E-state index in [0.717, 1.165) is 32.1 Å². The van der Waals surface area contributed by atoms with E-state index in [0.29, 0.717) is 6.42 Å². The first-order valence-corrected chi connectivity index (χ1v) is 5.80. The van der Waals surface area contributed by atoms with E-state index >= 15 is 0 Å². The van der Waals surface area contributed by atoms with Gasteiger partial charge in [0.15, 0.2) is 0 Å². The monoisotopic (exact) mass is 220 g/mol. The summed E-state index contributed by atoms with van der Waals surface area (Å²) in [6.45, 7) is 0.159. The molecule has 2 unspecified atom stereocenters. The van der Waals surface area contributed by atoms with Gasteiger partial charge in [-0.15, -0.1) is 0 Å². The summed E-state index contributed by atoms with van der Waals surface area (Å²) in [4.78, 5) is 0. The summed E-state index contributed by atoms with van der Waals surface area (Å²) in [6.07, 6.45) is 4.14. The van der Waals surface area contributed by atoms with Crippen LogP contribution >= 0.6 is 0 Å². The average Bonchev–Trinajstić information content (AvgIpc) is 2.23. The molecule has 0 saturated carbocycles. The van der Waals surface area contributed by atoms with E-state index in [2.05, 4.69) is 0 Å². The maximum Gasteiger partial charge on any atom is 0.0820 e. The summed E-state index contributed by atoms with van der Waals surface area (Å²) >= 11 is 0. The van der Waals surface area contributed by atoms with Gasteiger partial charge < -0.3 is 20.4 Å². The lowest BCUT2D eigenvalue weighted by Gasteiger charge is -2.16. The molecule has 4 nitrogen and oxygen atoms in total. The molecule has 0 spiro atoms. The molecular weight excluding hydrogens is 196 g/mol. The Labute approximate surface area is 91.6 Å². The van der Waals surface area contributed by atoms with Gasteiger partial charge in [-0.1, -0.05) is 25.7 Å². The number of unbranched alkanes of at least 4 members (excludes halogenated alkanes) is 4. The Morgan fingerprint density at radius 1 is 0.600 bits per heavy atom. The summed E-state index contributed by atoms with van der Waals surface area (Å²) in [5, 5.41) is 35.9. The quantitative estimate of drug-likeness (QED) is 0.402. The lowest BCUT2D eigenvalue weighted by molar-refractivity contribution is -0.000111. The van der Waals surface area contributed by atoms with Crippen molar-refractivity contribution in [2.45, 2.75) is 57.2 Å². The van der Waals surface area contributed by atoms with Gasteiger partial charge >= 0.3 is 0 Å². The van der Waals surface area contributed by atoms with Crippen molar-refractivity contribution in [1.82, 2.24) is 0 Å². The van der Waals surface area contributed by atoms with Crippen LogP contribution in [0.25, 0.3) is 0 Å². The van der Waals surface area contributed by atoms with E-state index in [9.17, 15) is 10.2 Å². The Morgan fingerprint density at radius 3 is 1.73 bits per heavy atom. The highest BCUT2D eigenvalue weighted by Gasteiger charge is 2.14. The van der Waals surface area contributed by atoms with Crippen LogP contribution in [0.1, 0.15) is 44.9 Å². The van der Waals surface area contributed by atoms with Gasteiger partial charge in [-0.2, -0.15) is 0 Å². The molecule has 0 radical (unpaired) electrons. The van der Waals surface area contributed by atoms with E-state index in [-0.39, 0.29) is 19.6 Å². The molecule has 0 aromatic rings. The first-order valence-electron chi connectivity index (χ1n) is 5.80. The summed E-state index contributed by atoms with van der Waals surface area (Å²) in [7, 11) is 0. The van der Waals surface area contributed by atoms with Crippen molar-refractivity contribution < 1.29 is 20.4 Å². The fourth-order valence-electron chi connectivity index (χ4n) is 1.51. The lowest BCUT2D eigenvalue weighted by Crippen LogP contribution is -2.26. The zero-order chi connectivity index (χ0) is 11.5. The van der Waals surface area contributed by atoms with Gasteiger partial charge in [0.2, 0.25) is 0 Å². The zero-order valence-electron chi connectivity index (χ0n) is 9.31. The van der Waals surface area contributed by atoms with Crippen LogP contribution in [0.5, 0.6) is 0 Å². The molecule has 2 atom stereocenters. The predicted octanol–water partition coefficient (Wildman–Crippen LogP) is 0.423. The molecule has 15 heavy (non-hydrogen) atoms. The van der Waals surface area contributed by atoms with Gasteiger partial charge in [0.1, 0.15) is 0 Å². The molecule has 0 amide bonds. The third-order valence-corrected chi connectivity index (χ3v) is 2.53. The molecular formula is C11H24O4. The highest BCUT2D eigenvalue weighted by Crippen LogP contribution is 2.10. The van der Waals surface area contributed by atoms with Crippen LogP contribution in [0.4, 0.5) is 0 Å². The Bertz CT molecular complexity index is 130. The fourth-order valence-corrected chi connectivity index (χ4v) is 1.51. The molecule has 4 N–H and O–H groups in total. The van der Waals surface area contributed by atoms with Crippen LogP contribution in [0.2, 0.25) is 0 Å². The highest BCUT2D eigenvalue weighted by atomic mass is 16.3. The van der Waals surface area contributed by atoms with Crippen LogP contribution in [0.3, 0.4) is 0 Å². The normalized spacial score (nSPS) is 15.2. The summed E-state index contributed by atoms with van der Waals surface area (Å²) in [5.74, 6) is 0. The fraction of sp³-hybridized carbons (Fsp3) is 1.00. The van der Waals surface area contributed by atoms with E-state index in [1.807, 2.05) is 0 Å². The minimum Gasteiger partial charge on any atom is -0.396 e. The maximum atomic E-state index is 9.45. The Kier molecular flexibility index (Phi) is 10.3. The first kappa shape index (κ1) is 14.8. The molecule has 0 aliphatic heterocycles. The number of rotatable bonds is 10. The summed E-state index contributed by atoms with van der Waals surface area (Å²) < 4.78 is 0. The molecule has 0 aromatic heterocycles. The Morgan fingerprint density at radius 2 is 1.13 bits per heavy atom. The van der Waals surface area contributed by atoms with Crippen molar-refractivity contribution in [1.29, 1.82) is 0 Å². The molecule has 0 bridgehead atoms. The number of hydrogen-bond donors (Lipinski definition) is 4. The van der Waals surface area contributed by atoms with Crippen molar-refractivity contribution in [3.63, 3.8) is 0 Å². The topological polar surface area (TPSA) is 80.9 Å². The second-order valence-electron chi connectivity index (χ2n) is 3.93. The van der Waals surface area contributed by atoms with Crippen LogP contribution in [0.15, 0.2) is 0 Å². The molecule has 0 aromatic carbocycles. The molecule has 0 saturated heterocycles. The molecule has 0 aliphatic carbocycles. The van der Waals surface area contributed by atoms with Crippen LogP contribution in [-0.2, 0) is 0 Å². The smallest absolute Gasteiger partial charge is 0.0820 e. The SMILES string of the molecule is OCCCCCCCC(O)C(O)CCO.